The van der Waals surface area contributed by atoms with Gasteiger partial charge in [-0.2, -0.15) is 13.2 Å². The number of benzene rings is 1. The summed E-state index contributed by atoms with van der Waals surface area (Å²) in [7, 11) is 0. The molecule has 0 heterocycles. The van der Waals surface area contributed by atoms with Crippen LogP contribution in [-0.2, 0) is 6.54 Å². The van der Waals surface area contributed by atoms with Gasteiger partial charge in [0.15, 0.2) is 0 Å². The molecule has 0 bridgehead atoms. The maximum Gasteiger partial charge on any atom is 0.405 e. The Hall–Kier alpha value is -0.750. The average Bonchev–Trinajstić information content (AvgIpc) is 2.32. The van der Waals surface area contributed by atoms with Crippen LogP contribution >= 0.6 is 15.9 Å². The van der Waals surface area contributed by atoms with Crippen molar-refractivity contribution in [2.24, 2.45) is 0 Å². The van der Waals surface area contributed by atoms with Crippen LogP contribution in [0.2, 0.25) is 0 Å². The lowest BCUT2D eigenvalue weighted by atomic mass is 10.1. The molecule has 0 radical (unpaired) electrons. The van der Waals surface area contributed by atoms with Crippen LogP contribution in [-0.4, -0.2) is 24.8 Å². The second kappa shape index (κ2) is 7.49. The number of rotatable bonds is 6. The first-order valence-corrected chi connectivity index (χ1v) is 7.74. The maximum atomic E-state index is 12.8. The molecule has 0 spiro atoms. The van der Waals surface area contributed by atoms with E-state index in [2.05, 4.69) is 21.2 Å². The summed E-state index contributed by atoms with van der Waals surface area (Å²) in [4.78, 5) is 1.39. The van der Waals surface area contributed by atoms with Crippen molar-refractivity contribution in [3.63, 3.8) is 0 Å². The Morgan fingerprint density at radius 2 is 1.81 bits per heavy atom. The van der Waals surface area contributed by atoms with E-state index in [4.69, 9.17) is 0 Å². The molecule has 0 aromatic heterocycles. The molecule has 120 valence electrons. The molecule has 0 amide bonds. The number of nitrogens with one attached hydrogen (secondary N) is 1. The topological polar surface area (TPSA) is 15.3 Å². The van der Waals surface area contributed by atoms with Crippen molar-refractivity contribution in [1.82, 2.24) is 5.32 Å². The van der Waals surface area contributed by atoms with Crippen LogP contribution in [0.1, 0.15) is 33.3 Å². The highest BCUT2D eigenvalue weighted by molar-refractivity contribution is 9.10. The Kier molecular flexibility index (Phi) is 6.53. The first-order valence-electron chi connectivity index (χ1n) is 6.95. The minimum atomic E-state index is -4.22. The Morgan fingerprint density at radius 3 is 2.29 bits per heavy atom. The Labute approximate surface area is 132 Å². The zero-order valence-corrected chi connectivity index (χ0v) is 14.3. The van der Waals surface area contributed by atoms with E-state index in [1.54, 1.807) is 26.0 Å². The van der Waals surface area contributed by atoms with Crippen molar-refractivity contribution < 1.29 is 13.2 Å². The standard InChI is InChI=1S/C15H22BrF3N2/c1-10(2)20-8-12-7-13(16)5-6-14(12)21(11(3)4)9-15(17,18)19/h5-7,10-11,20H,8-9H2,1-4H3. The average molecular weight is 367 g/mol. The second-order valence-electron chi connectivity index (χ2n) is 5.65. The predicted molar refractivity (Wildman–Crippen MR) is 84.7 cm³/mol. The first kappa shape index (κ1) is 18.3. The van der Waals surface area contributed by atoms with Crippen LogP contribution in [0.3, 0.4) is 0 Å². The minimum absolute atomic E-state index is 0.231. The van der Waals surface area contributed by atoms with Gasteiger partial charge >= 0.3 is 6.18 Å². The van der Waals surface area contributed by atoms with Crippen LogP contribution in [0.25, 0.3) is 0 Å². The Morgan fingerprint density at radius 1 is 1.19 bits per heavy atom. The smallest absolute Gasteiger partial charge is 0.360 e. The van der Waals surface area contributed by atoms with Gasteiger partial charge in [0.05, 0.1) is 0 Å². The first-order chi connectivity index (χ1) is 9.60. The van der Waals surface area contributed by atoms with Gasteiger partial charge in [-0.1, -0.05) is 29.8 Å². The zero-order chi connectivity index (χ0) is 16.2. The molecule has 2 nitrogen and oxygen atoms in total. The van der Waals surface area contributed by atoms with Gasteiger partial charge in [0.25, 0.3) is 0 Å². The van der Waals surface area contributed by atoms with E-state index in [9.17, 15) is 13.2 Å². The fourth-order valence-electron chi connectivity index (χ4n) is 2.03. The van der Waals surface area contributed by atoms with E-state index < -0.39 is 12.7 Å². The molecule has 0 aliphatic heterocycles. The van der Waals surface area contributed by atoms with Crippen LogP contribution < -0.4 is 10.2 Å². The molecular formula is C15H22BrF3N2. The van der Waals surface area contributed by atoms with E-state index in [0.29, 0.717) is 12.2 Å². The molecular weight excluding hydrogens is 345 g/mol. The molecule has 0 atom stereocenters. The van der Waals surface area contributed by atoms with Crippen molar-refractivity contribution in [1.29, 1.82) is 0 Å². The highest BCUT2D eigenvalue weighted by Gasteiger charge is 2.32. The molecule has 0 saturated heterocycles. The lowest BCUT2D eigenvalue weighted by Crippen LogP contribution is -2.40. The summed E-state index contributed by atoms with van der Waals surface area (Å²) in [6.45, 7) is 7.15. The van der Waals surface area contributed by atoms with E-state index in [1.807, 2.05) is 19.9 Å². The summed E-state index contributed by atoms with van der Waals surface area (Å²) in [5.74, 6) is 0. The maximum absolute atomic E-state index is 12.8. The molecule has 1 rings (SSSR count). The molecule has 6 heteroatoms. The molecule has 1 aromatic carbocycles. The number of alkyl halides is 3. The van der Waals surface area contributed by atoms with Gasteiger partial charge in [0.2, 0.25) is 0 Å². The van der Waals surface area contributed by atoms with Gasteiger partial charge in [-0.3, -0.25) is 0 Å². The minimum Gasteiger partial charge on any atom is -0.360 e. The van der Waals surface area contributed by atoms with E-state index in [-0.39, 0.29) is 12.1 Å². The van der Waals surface area contributed by atoms with Crippen LogP contribution in [0.5, 0.6) is 0 Å². The monoisotopic (exact) mass is 366 g/mol. The summed E-state index contributed by atoms with van der Waals surface area (Å²) in [6, 6.07) is 5.43. The molecule has 0 aliphatic carbocycles. The highest BCUT2D eigenvalue weighted by Crippen LogP contribution is 2.29. The normalized spacial score (nSPS) is 12.3. The fraction of sp³-hybridized carbons (Fsp3) is 0.600. The lowest BCUT2D eigenvalue weighted by Gasteiger charge is -2.32. The number of hydrogen-bond acceptors (Lipinski definition) is 2. The van der Waals surface area contributed by atoms with E-state index in [1.165, 1.54) is 4.90 Å². The van der Waals surface area contributed by atoms with Gasteiger partial charge in [-0.25, -0.2) is 0 Å². The van der Waals surface area contributed by atoms with E-state index >= 15 is 0 Å². The van der Waals surface area contributed by atoms with Crippen molar-refractivity contribution in [3.05, 3.63) is 28.2 Å². The summed E-state index contributed by atoms with van der Waals surface area (Å²) < 4.78 is 39.3. The number of halogens is 4. The fourth-order valence-corrected chi connectivity index (χ4v) is 2.44. The van der Waals surface area contributed by atoms with Crippen molar-refractivity contribution in [3.8, 4) is 0 Å². The number of nitrogens with zero attached hydrogens (tertiary/aromatic N) is 1. The van der Waals surface area contributed by atoms with Gasteiger partial charge in [0, 0.05) is 28.8 Å². The number of anilines is 1. The molecule has 0 aliphatic rings. The quantitative estimate of drug-likeness (QED) is 0.783. The Balaban J connectivity index is 3.11. The van der Waals surface area contributed by atoms with Gasteiger partial charge < -0.3 is 10.2 Å². The molecule has 1 aromatic rings. The molecule has 0 fully saturated rings. The molecule has 0 unspecified atom stereocenters. The number of hydrogen-bond donors (Lipinski definition) is 1. The largest absolute Gasteiger partial charge is 0.405 e. The highest BCUT2D eigenvalue weighted by atomic mass is 79.9. The van der Waals surface area contributed by atoms with Crippen LogP contribution in [0.4, 0.5) is 18.9 Å². The Bertz CT molecular complexity index is 459. The third kappa shape index (κ3) is 6.26. The van der Waals surface area contributed by atoms with Crippen molar-refractivity contribution in [2.45, 2.75) is 52.5 Å². The predicted octanol–water partition coefficient (Wildman–Crippen LogP) is 4.72. The van der Waals surface area contributed by atoms with Crippen LogP contribution in [0, 0.1) is 0 Å². The second-order valence-corrected chi connectivity index (χ2v) is 6.56. The summed E-state index contributed by atoms with van der Waals surface area (Å²) in [5, 5.41) is 3.26. The van der Waals surface area contributed by atoms with Gasteiger partial charge in [-0.05, 0) is 37.6 Å². The summed E-state index contributed by atoms with van der Waals surface area (Å²) >= 11 is 3.38. The zero-order valence-electron chi connectivity index (χ0n) is 12.8. The van der Waals surface area contributed by atoms with Gasteiger partial charge in [0.1, 0.15) is 6.54 Å². The summed E-state index contributed by atoms with van der Waals surface area (Å²) in [6.07, 6.45) is -4.22. The molecule has 21 heavy (non-hydrogen) atoms. The SMILES string of the molecule is CC(C)NCc1cc(Br)ccc1N(CC(F)(F)F)C(C)C. The third-order valence-electron chi connectivity index (χ3n) is 3.02. The van der Waals surface area contributed by atoms with E-state index in [0.717, 1.165) is 10.0 Å². The summed E-state index contributed by atoms with van der Waals surface area (Å²) in [5.41, 5.74) is 1.48. The van der Waals surface area contributed by atoms with Crippen LogP contribution in [0.15, 0.2) is 22.7 Å². The lowest BCUT2D eigenvalue weighted by molar-refractivity contribution is -0.120. The van der Waals surface area contributed by atoms with Gasteiger partial charge in [-0.15, -0.1) is 0 Å². The molecule has 0 saturated carbocycles. The third-order valence-corrected chi connectivity index (χ3v) is 3.52. The van der Waals surface area contributed by atoms with Crippen molar-refractivity contribution >= 4 is 21.6 Å². The molecule has 1 N–H and O–H groups in total. The van der Waals surface area contributed by atoms with Crippen molar-refractivity contribution in [2.75, 3.05) is 11.4 Å².